The van der Waals surface area contributed by atoms with Crippen molar-refractivity contribution in [2.75, 3.05) is 13.4 Å². The molecule has 3 rings (SSSR count). The summed E-state index contributed by atoms with van der Waals surface area (Å²) in [5.41, 5.74) is -0.525. The van der Waals surface area contributed by atoms with E-state index in [1.54, 1.807) is 18.2 Å². The molecule has 0 aliphatic rings. The molecule has 0 atom stereocenters. The molecular weight excluding hydrogens is 463 g/mol. The number of methoxy groups -OCH3 is 1. The van der Waals surface area contributed by atoms with E-state index in [2.05, 4.69) is 26.0 Å². The lowest BCUT2D eigenvalue weighted by Crippen LogP contribution is -2.08. The number of alkyl halides is 3. The predicted octanol–water partition coefficient (Wildman–Crippen LogP) is 4.13. The molecule has 11 heteroatoms. The monoisotopic (exact) mass is 475 g/mol. The fourth-order valence-corrected chi connectivity index (χ4v) is 3.54. The molecule has 0 radical (unpaired) electrons. The Bertz CT molecular complexity index is 1130. The number of benzene rings is 1. The van der Waals surface area contributed by atoms with Crippen LogP contribution in [0.3, 0.4) is 0 Å². The summed E-state index contributed by atoms with van der Waals surface area (Å²) in [6, 6.07) is 8.25. The van der Waals surface area contributed by atoms with Gasteiger partial charge in [0, 0.05) is 18.0 Å². The van der Waals surface area contributed by atoms with Crippen molar-refractivity contribution in [3.63, 3.8) is 0 Å². The summed E-state index contributed by atoms with van der Waals surface area (Å²) >= 11 is 3.30. The zero-order valence-corrected chi connectivity index (χ0v) is 16.9. The lowest BCUT2D eigenvalue weighted by molar-refractivity contribution is -0.141. The normalized spacial score (nSPS) is 12.2. The second-order valence-electron chi connectivity index (χ2n) is 5.80. The lowest BCUT2D eigenvalue weighted by atomic mass is 10.1. The molecule has 1 aromatic carbocycles. The van der Waals surface area contributed by atoms with Gasteiger partial charge >= 0.3 is 6.18 Å². The zero-order valence-electron chi connectivity index (χ0n) is 14.5. The van der Waals surface area contributed by atoms with E-state index in [1.165, 1.54) is 19.2 Å². The molecular formula is C17H13BrF3N3O3S. The van der Waals surface area contributed by atoms with E-state index in [9.17, 15) is 21.6 Å². The zero-order chi connectivity index (χ0) is 20.7. The molecule has 0 amide bonds. The first-order valence-corrected chi connectivity index (χ1v) is 10.4. The minimum Gasteiger partial charge on any atom is -0.496 e. The number of hydrogen-bond donors (Lipinski definition) is 0. The molecule has 0 saturated carbocycles. The van der Waals surface area contributed by atoms with Crippen molar-refractivity contribution in [3.8, 4) is 22.8 Å². The number of halogens is 4. The van der Waals surface area contributed by atoms with Crippen LogP contribution in [0.15, 0.2) is 52.0 Å². The van der Waals surface area contributed by atoms with Crippen LogP contribution in [-0.2, 0) is 16.0 Å². The smallest absolute Gasteiger partial charge is 0.435 e. The van der Waals surface area contributed by atoms with Crippen LogP contribution in [0.2, 0.25) is 0 Å². The molecule has 28 heavy (non-hydrogen) atoms. The molecule has 0 fully saturated rings. The number of ether oxygens (including phenoxy) is 1. The van der Waals surface area contributed by atoms with Gasteiger partial charge in [0.15, 0.2) is 21.3 Å². The van der Waals surface area contributed by atoms with Gasteiger partial charge < -0.3 is 4.74 Å². The van der Waals surface area contributed by atoms with Gasteiger partial charge in [-0.15, -0.1) is 0 Å². The van der Waals surface area contributed by atoms with Gasteiger partial charge in [0.1, 0.15) is 5.75 Å². The van der Waals surface area contributed by atoms with Gasteiger partial charge in [-0.05, 0) is 52.3 Å². The maximum Gasteiger partial charge on any atom is 0.435 e. The van der Waals surface area contributed by atoms with Crippen molar-refractivity contribution >= 4 is 25.8 Å². The highest BCUT2D eigenvalue weighted by molar-refractivity contribution is 9.10. The Morgan fingerprint density at radius 3 is 2.36 bits per heavy atom. The predicted molar refractivity (Wildman–Crippen MR) is 99.2 cm³/mol. The van der Waals surface area contributed by atoms with Gasteiger partial charge in [0.2, 0.25) is 0 Å². The van der Waals surface area contributed by atoms with Crippen LogP contribution < -0.4 is 4.74 Å². The average molecular weight is 476 g/mol. The largest absolute Gasteiger partial charge is 0.496 e. The van der Waals surface area contributed by atoms with Crippen LogP contribution in [0.1, 0.15) is 5.69 Å². The average Bonchev–Trinajstić information content (AvgIpc) is 3.07. The standard InChI is InChI=1S/C17H13BrF3N3O3S/c1-27-14-5-3-10(7-12(14)18)13-8-15(17(19,20)21)23-24(13)16-6-4-11(9-22-16)28(2,25)26/h3-9H,1-2H3. The minimum atomic E-state index is -4.66. The van der Waals surface area contributed by atoms with Crippen LogP contribution >= 0.6 is 15.9 Å². The van der Waals surface area contributed by atoms with E-state index in [4.69, 9.17) is 4.74 Å². The number of aromatic nitrogens is 3. The SMILES string of the molecule is COc1ccc(-c2cc(C(F)(F)F)nn2-c2ccc(S(C)(=O)=O)cn2)cc1Br. The molecule has 148 valence electrons. The van der Waals surface area contributed by atoms with Gasteiger partial charge in [-0.3, -0.25) is 0 Å². The van der Waals surface area contributed by atoms with Gasteiger partial charge in [-0.1, -0.05) is 0 Å². The Morgan fingerprint density at radius 1 is 1.14 bits per heavy atom. The Kier molecular flexibility index (Phi) is 5.24. The summed E-state index contributed by atoms with van der Waals surface area (Å²) in [7, 11) is -2.02. The Morgan fingerprint density at radius 2 is 1.86 bits per heavy atom. The Hall–Kier alpha value is -2.40. The third kappa shape index (κ3) is 4.04. The lowest BCUT2D eigenvalue weighted by Gasteiger charge is -2.09. The molecule has 0 aliphatic heterocycles. The summed E-state index contributed by atoms with van der Waals surface area (Å²) in [5, 5.41) is 3.63. The van der Waals surface area contributed by atoms with E-state index in [1.807, 2.05) is 0 Å². The van der Waals surface area contributed by atoms with Crippen molar-refractivity contribution in [2.45, 2.75) is 11.1 Å². The van der Waals surface area contributed by atoms with E-state index >= 15 is 0 Å². The molecule has 0 aliphatic carbocycles. The van der Waals surface area contributed by atoms with E-state index in [0.29, 0.717) is 15.8 Å². The van der Waals surface area contributed by atoms with Crippen molar-refractivity contribution in [1.29, 1.82) is 0 Å². The van der Waals surface area contributed by atoms with E-state index in [0.717, 1.165) is 23.2 Å². The van der Waals surface area contributed by atoms with Crippen molar-refractivity contribution in [2.24, 2.45) is 0 Å². The van der Waals surface area contributed by atoms with Crippen LogP contribution in [-0.4, -0.2) is 36.5 Å². The number of hydrogen-bond acceptors (Lipinski definition) is 5. The van der Waals surface area contributed by atoms with Crippen molar-refractivity contribution < 1.29 is 26.3 Å². The van der Waals surface area contributed by atoms with Crippen molar-refractivity contribution in [3.05, 3.63) is 52.8 Å². The molecule has 2 heterocycles. The fourth-order valence-electron chi connectivity index (χ4n) is 2.44. The first-order chi connectivity index (χ1) is 13.0. The summed E-state index contributed by atoms with van der Waals surface area (Å²) < 4.78 is 69.5. The molecule has 0 spiro atoms. The third-order valence-electron chi connectivity index (χ3n) is 3.81. The van der Waals surface area contributed by atoms with Crippen LogP contribution in [0, 0.1) is 0 Å². The van der Waals surface area contributed by atoms with Crippen molar-refractivity contribution in [1.82, 2.24) is 14.8 Å². The summed E-state index contributed by atoms with van der Waals surface area (Å²) in [5.74, 6) is 0.561. The quantitative estimate of drug-likeness (QED) is 0.567. The second-order valence-corrected chi connectivity index (χ2v) is 8.67. The van der Waals surface area contributed by atoms with E-state index < -0.39 is 21.7 Å². The minimum absolute atomic E-state index is 0.0461. The molecule has 0 N–H and O–H groups in total. The molecule has 6 nitrogen and oxygen atoms in total. The summed E-state index contributed by atoms with van der Waals surface area (Å²) in [6.07, 6.45) is -2.57. The topological polar surface area (TPSA) is 74.1 Å². The number of sulfone groups is 1. The molecule has 3 aromatic rings. The second kappa shape index (κ2) is 7.21. The molecule has 2 aromatic heterocycles. The highest BCUT2D eigenvalue weighted by Crippen LogP contribution is 2.35. The van der Waals surface area contributed by atoms with Gasteiger partial charge in [-0.25, -0.2) is 18.1 Å². The maximum absolute atomic E-state index is 13.2. The highest BCUT2D eigenvalue weighted by atomic mass is 79.9. The van der Waals surface area contributed by atoms with Gasteiger partial charge in [-0.2, -0.15) is 18.3 Å². The molecule has 0 saturated heterocycles. The first kappa shape index (κ1) is 20.3. The number of nitrogens with zero attached hydrogens (tertiary/aromatic N) is 3. The number of pyridine rings is 1. The number of rotatable bonds is 4. The highest BCUT2D eigenvalue weighted by Gasteiger charge is 2.35. The fraction of sp³-hybridized carbons (Fsp3) is 0.176. The third-order valence-corrected chi connectivity index (χ3v) is 5.53. The summed E-state index contributed by atoms with van der Waals surface area (Å²) in [4.78, 5) is 3.92. The van der Waals surface area contributed by atoms with Gasteiger partial charge in [0.05, 0.1) is 22.2 Å². The summed E-state index contributed by atoms with van der Waals surface area (Å²) in [6.45, 7) is 0. The van der Waals surface area contributed by atoms with Crippen LogP contribution in [0.25, 0.3) is 17.1 Å². The van der Waals surface area contributed by atoms with Gasteiger partial charge in [0.25, 0.3) is 0 Å². The van der Waals surface area contributed by atoms with Crippen LogP contribution in [0.4, 0.5) is 13.2 Å². The Labute approximate surface area is 167 Å². The Balaban J connectivity index is 2.18. The molecule has 0 bridgehead atoms. The molecule has 0 unspecified atom stereocenters. The first-order valence-electron chi connectivity index (χ1n) is 7.68. The maximum atomic E-state index is 13.2. The van der Waals surface area contributed by atoms with Crippen LogP contribution in [0.5, 0.6) is 5.75 Å². The van der Waals surface area contributed by atoms with E-state index in [-0.39, 0.29) is 16.4 Å².